The summed E-state index contributed by atoms with van der Waals surface area (Å²) >= 11 is 0. The molecule has 1 atom stereocenters. The summed E-state index contributed by atoms with van der Waals surface area (Å²) in [5.41, 5.74) is 0. The molecule has 0 N–H and O–H groups in total. The van der Waals surface area contributed by atoms with Gasteiger partial charge in [0, 0.05) is 13.1 Å². The van der Waals surface area contributed by atoms with Crippen molar-refractivity contribution in [3.63, 3.8) is 0 Å². The van der Waals surface area contributed by atoms with Crippen molar-refractivity contribution >= 4 is 5.91 Å². The Balaban J connectivity index is 2.01. The van der Waals surface area contributed by atoms with Gasteiger partial charge in [-0.25, -0.2) is 9.07 Å². The van der Waals surface area contributed by atoms with E-state index in [0.29, 0.717) is 13.1 Å². The standard InChI is InChI=1S/C8H10FN5O/c1-6(9)8(15)13-3-2-7(4-13)14-5-10-11-12-14/h5,7H,1-4H2. The molecule has 0 saturated carbocycles. The number of tetrazole rings is 1. The predicted molar refractivity (Wildman–Crippen MR) is 48.3 cm³/mol. The second kappa shape index (κ2) is 3.76. The molecule has 0 aromatic carbocycles. The molecule has 1 aliphatic heterocycles. The Hall–Kier alpha value is -1.79. The minimum Gasteiger partial charge on any atom is -0.334 e. The topological polar surface area (TPSA) is 63.9 Å². The van der Waals surface area contributed by atoms with Crippen LogP contribution in [0, 0.1) is 0 Å². The highest BCUT2D eigenvalue weighted by Crippen LogP contribution is 2.21. The number of hydrogen-bond acceptors (Lipinski definition) is 4. The van der Waals surface area contributed by atoms with E-state index in [0.717, 1.165) is 6.42 Å². The van der Waals surface area contributed by atoms with Gasteiger partial charge in [-0.15, -0.1) is 5.10 Å². The zero-order chi connectivity index (χ0) is 10.8. The first-order valence-electron chi connectivity index (χ1n) is 4.54. The molecule has 0 aliphatic carbocycles. The van der Waals surface area contributed by atoms with Gasteiger partial charge in [0.15, 0.2) is 5.83 Å². The SMILES string of the molecule is C=C(F)C(=O)N1CCC(n2cnnn2)C1. The molecule has 1 aromatic rings. The normalized spacial score (nSPS) is 20.6. The monoisotopic (exact) mass is 211 g/mol. The number of hydrogen-bond donors (Lipinski definition) is 0. The molecule has 2 rings (SSSR count). The second-order valence-corrected chi connectivity index (χ2v) is 3.39. The van der Waals surface area contributed by atoms with Crippen LogP contribution in [-0.2, 0) is 4.79 Å². The number of nitrogens with zero attached hydrogens (tertiary/aromatic N) is 5. The van der Waals surface area contributed by atoms with Crippen molar-refractivity contribution in [1.82, 2.24) is 25.1 Å². The largest absolute Gasteiger partial charge is 0.334 e. The van der Waals surface area contributed by atoms with Gasteiger partial charge in [-0.05, 0) is 16.8 Å². The van der Waals surface area contributed by atoms with Gasteiger partial charge in [-0.1, -0.05) is 6.58 Å². The van der Waals surface area contributed by atoms with E-state index in [2.05, 4.69) is 22.1 Å². The van der Waals surface area contributed by atoms with Crippen LogP contribution in [0.25, 0.3) is 0 Å². The molecule has 0 radical (unpaired) electrons. The zero-order valence-electron chi connectivity index (χ0n) is 8.01. The van der Waals surface area contributed by atoms with E-state index in [1.165, 1.54) is 11.2 Å². The van der Waals surface area contributed by atoms with E-state index >= 15 is 0 Å². The fourth-order valence-corrected chi connectivity index (χ4v) is 1.65. The van der Waals surface area contributed by atoms with Crippen LogP contribution < -0.4 is 0 Å². The Morgan fingerprint density at radius 3 is 3.00 bits per heavy atom. The number of aromatic nitrogens is 4. The highest BCUT2D eigenvalue weighted by Gasteiger charge is 2.29. The molecule has 0 spiro atoms. The summed E-state index contributed by atoms with van der Waals surface area (Å²) in [6.45, 7) is 3.91. The van der Waals surface area contributed by atoms with Gasteiger partial charge < -0.3 is 4.90 Å². The third kappa shape index (κ3) is 1.85. The van der Waals surface area contributed by atoms with Crippen LogP contribution >= 0.6 is 0 Å². The summed E-state index contributed by atoms with van der Waals surface area (Å²) < 4.78 is 14.2. The van der Waals surface area contributed by atoms with E-state index in [1.54, 1.807) is 4.68 Å². The average Bonchev–Trinajstić information content (AvgIpc) is 2.86. The molecule has 1 aromatic heterocycles. The molecular weight excluding hydrogens is 201 g/mol. The predicted octanol–water partition coefficient (Wildman–Crippen LogP) is -0.0703. The van der Waals surface area contributed by atoms with Gasteiger partial charge in [-0.3, -0.25) is 4.79 Å². The smallest absolute Gasteiger partial charge is 0.282 e. The number of amides is 1. The highest BCUT2D eigenvalue weighted by molar-refractivity contribution is 5.90. The molecule has 1 aliphatic rings. The van der Waals surface area contributed by atoms with E-state index in [9.17, 15) is 9.18 Å². The maximum absolute atomic E-state index is 12.6. The van der Waals surface area contributed by atoms with Gasteiger partial charge in [0.05, 0.1) is 6.04 Å². The summed E-state index contributed by atoms with van der Waals surface area (Å²) in [5, 5.41) is 10.8. The summed E-state index contributed by atoms with van der Waals surface area (Å²) in [7, 11) is 0. The average molecular weight is 211 g/mol. The Morgan fingerprint density at radius 1 is 1.60 bits per heavy atom. The van der Waals surface area contributed by atoms with Crippen LogP contribution in [0.4, 0.5) is 4.39 Å². The van der Waals surface area contributed by atoms with Crippen LogP contribution in [-0.4, -0.2) is 44.1 Å². The van der Waals surface area contributed by atoms with Crippen LogP contribution in [0.15, 0.2) is 18.7 Å². The molecular formula is C8H10FN5O. The molecule has 1 fully saturated rings. The van der Waals surface area contributed by atoms with Gasteiger partial charge in [0.1, 0.15) is 6.33 Å². The quantitative estimate of drug-likeness (QED) is 0.642. The molecule has 7 heteroatoms. The van der Waals surface area contributed by atoms with E-state index in [4.69, 9.17) is 0 Å². The number of rotatable bonds is 2. The molecule has 80 valence electrons. The van der Waals surface area contributed by atoms with E-state index in [1.807, 2.05) is 0 Å². The first-order valence-corrected chi connectivity index (χ1v) is 4.54. The highest BCUT2D eigenvalue weighted by atomic mass is 19.1. The summed E-state index contributed by atoms with van der Waals surface area (Å²) in [4.78, 5) is 12.7. The van der Waals surface area contributed by atoms with Crippen molar-refractivity contribution in [2.45, 2.75) is 12.5 Å². The third-order valence-electron chi connectivity index (χ3n) is 2.42. The fraction of sp³-hybridized carbons (Fsp3) is 0.500. The number of likely N-dealkylation sites (tertiary alicyclic amines) is 1. The van der Waals surface area contributed by atoms with Crippen molar-refractivity contribution in [1.29, 1.82) is 0 Å². The van der Waals surface area contributed by atoms with Crippen LogP contribution in [0.5, 0.6) is 0 Å². The fourth-order valence-electron chi connectivity index (χ4n) is 1.65. The lowest BCUT2D eigenvalue weighted by atomic mass is 10.3. The second-order valence-electron chi connectivity index (χ2n) is 3.39. The first kappa shape index (κ1) is 9.75. The molecule has 2 heterocycles. The van der Waals surface area contributed by atoms with Gasteiger partial charge >= 0.3 is 0 Å². The minimum absolute atomic E-state index is 0.0308. The maximum Gasteiger partial charge on any atom is 0.282 e. The minimum atomic E-state index is -0.924. The zero-order valence-corrected chi connectivity index (χ0v) is 8.01. The van der Waals surface area contributed by atoms with E-state index < -0.39 is 11.7 Å². The van der Waals surface area contributed by atoms with Crippen molar-refractivity contribution in [3.8, 4) is 0 Å². The van der Waals surface area contributed by atoms with E-state index in [-0.39, 0.29) is 6.04 Å². The number of carbonyl (C=O) groups excluding carboxylic acids is 1. The first-order chi connectivity index (χ1) is 7.18. The Morgan fingerprint density at radius 2 is 2.40 bits per heavy atom. The third-order valence-corrected chi connectivity index (χ3v) is 2.42. The number of carbonyl (C=O) groups is 1. The van der Waals surface area contributed by atoms with Gasteiger partial charge in [0.2, 0.25) is 0 Å². The molecule has 0 bridgehead atoms. The Kier molecular flexibility index (Phi) is 2.44. The molecule has 6 nitrogen and oxygen atoms in total. The lowest BCUT2D eigenvalue weighted by Gasteiger charge is -2.14. The van der Waals surface area contributed by atoms with Crippen molar-refractivity contribution in [2.24, 2.45) is 0 Å². The molecule has 1 amide bonds. The Bertz CT molecular complexity index is 376. The van der Waals surface area contributed by atoms with Gasteiger partial charge in [-0.2, -0.15) is 0 Å². The molecule has 15 heavy (non-hydrogen) atoms. The van der Waals surface area contributed by atoms with Crippen LogP contribution in [0.3, 0.4) is 0 Å². The summed E-state index contributed by atoms with van der Waals surface area (Å²) in [5.74, 6) is -1.57. The lowest BCUT2D eigenvalue weighted by molar-refractivity contribution is -0.127. The van der Waals surface area contributed by atoms with Crippen molar-refractivity contribution < 1.29 is 9.18 Å². The van der Waals surface area contributed by atoms with Gasteiger partial charge in [0.25, 0.3) is 5.91 Å². The molecule has 1 unspecified atom stereocenters. The summed E-state index contributed by atoms with van der Waals surface area (Å²) in [6.07, 6.45) is 2.22. The maximum atomic E-state index is 12.6. The number of halogens is 1. The Labute approximate surface area is 85.4 Å². The van der Waals surface area contributed by atoms with Crippen molar-refractivity contribution in [2.75, 3.05) is 13.1 Å². The van der Waals surface area contributed by atoms with Crippen LogP contribution in [0.1, 0.15) is 12.5 Å². The van der Waals surface area contributed by atoms with Crippen molar-refractivity contribution in [3.05, 3.63) is 18.7 Å². The van der Waals surface area contributed by atoms with Crippen LogP contribution in [0.2, 0.25) is 0 Å². The summed E-state index contributed by atoms with van der Waals surface area (Å²) in [6, 6.07) is 0.0308. The molecule has 1 saturated heterocycles. The lowest BCUT2D eigenvalue weighted by Crippen LogP contribution is -2.29.